The van der Waals surface area contributed by atoms with E-state index in [-0.39, 0.29) is 31.1 Å². The lowest BCUT2D eigenvalue weighted by Gasteiger charge is -2.18. The minimum absolute atomic E-state index is 0.0758. The van der Waals surface area contributed by atoms with Crippen LogP contribution in [0.25, 0.3) is 0 Å². The first-order chi connectivity index (χ1) is 40.5. The highest BCUT2D eigenvalue weighted by Gasteiger charge is 2.19. The first-order valence-corrected chi connectivity index (χ1v) is 34.9. The van der Waals surface area contributed by atoms with Crippen LogP contribution < -0.4 is 0 Å². The molecule has 0 N–H and O–H groups in total. The second-order valence-corrected chi connectivity index (χ2v) is 23.1. The lowest BCUT2D eigenvalue weighted by molar-refractivity contribution is -0.167. The third-order valence-corrected chi connectivity index (χ3v) is 15.0. The fourth-order valence-corrected chi connectivity index (χ4v) is 9.81. The summed E-state index contributed by atoms with van der Waals surface area (Å²) in [5, 5.41) is 0. The minimum atomic E-state index is -0.779. The zero-order valence-corrected chi connectivity index (χ0v) is 54.0. The third-order valence-electron chi connectivity index (χ3n) is 15.0. The number of hydrogen-bond donors (Lipinski definition) is 0. The second kappa shape index (κ2) is 69.6. The smallest absolute Gasteiger partial charge is 0.306 e. The predicted octanol–water partition coefficient (Wildman–Crippen LogP) is 24.2. The summed E-state index contributed by atoms with van der Waals surface area (Å²) < 4.78 is 16.9. The Morgan fingerprint density at radius 2 is 0.476 bits per heavy atom. The molecule has 0 saturated heterocycles. The van der Waals surface area contributed by atoms with Crippen molar-refractivity contribution in [2.75, 3.05) is 13.2 Å². The number of unbranched alkanes of at least 4 members (excludes halogenated alkanes) is 34. The molecule has 0 bridgehead atoms. The van der Waals surface area contributed by atoms with Crippen LogP contribution in [0, 0.1) is 0 Å². The van der Waals surface area contributed by atoms with E-state index in [1.807, 2.05) is 0 Å². The van der Waals surface area contributed by atoms with Gasteiger partial charge < -0.3 is 14.2 Å². The Bertz CT molecular complexity index is 1640. The second-order valence-electron chi connectivity index (χ2n) is 23.1. The largest absolute Gasteiger partial charge is 0.462 e. The van der Waals surface area contributed by atoms with Crippen LogP contribution in [0.4, 0.5) is 0 Å². The molecule has 0 amide bonds. The van der Waals surface area contributed by atoms with Crippen molar-refractivity contribution in [1.29, 1.82) is 0 Å². The lowest BCUT2D eigenvalue weighted by atomic mass is 10.0. The van der Waals surface area contributed by atoms with E-state index < -0.39 is 6.10 Å². The highest BCUT2D eigenvalue weighted by molar-refractivity contribution is 5.71. The molecule has 0 fully saturated rings. The molecule has 0 spiro atoms. The molecule has 0 aliphatic heterocycles. The topological polar surface area (TPSA) is 78.9 Å². The first kappa shape index (κ1) is 78.1. The first-order valence-electron chi connectivity index (χ1n) is 34.9. The molecule has 0 aromatic rings. The molecule has 1 atom stereocenters. The molecule has 0 saturated carbocycles. The van der Waals surface area contributed by atoms with Crippen LogP contribution in [0.3, 0.4) is 0 Å². The summed E-state index contributed by atoms with van der Waals surface area (Å²) in [7, 11) is 0. The zero-order chi connectivity index (χ0) is 59.2. The number of esters is 3. The molecule has 1 unspecified atom stereocenters. The number of hydrogen-bond acceptors (Lipinski definition) is 6. The van der Waals surface area contributed by atoms with Gasteiger partial charge in [-0.25, -0.2) is 0 Å². The van der Waals surface area contributed by atoms with Gasteiger partial charge in [0.2, 0.25) is 0 Å². The fourth-order valence-electron chi connectivity index (χ4n) is 9.81. The van der Waals surface area contributed by atoms with E-state index in [9.17, 15) is 14.4 Å². The molecule has 0 radical (unpaired) electrons. The summed E-state index contributed by atoms with van der Waals surface area (Å²) >= 11 is 0. The van der Waals surface area contributed by atoms with Gasteiger partial charge in [0.05, 0.1) is 0 Å². The molecule has 6 heteroatoms. The Morgan fingerprint density at radius 3 is 0.768 bits per heavy atom. The van der Waals surface area contributed by atoms with Crippen LogP contribution in [0.15, 0.2) is 109 Å². The van der Waals surface area contributed by atoms with E-state index in [4.69, 9.17) is 14.2 Å². The normalized spacial score (nSPS) is 12.8. The SMILES string of the molecule is CC/C=C\C/C=C\C/C=C\C/C=C\C/C=C\C/C=C\C/C=C\CCCCCCCCCCCCCCCC(=O)OCC(COC(=O)CCCCCCCCCCCC)OC(=O)CCCCCCCCCCC/C=C\C/C=C\CCCCC. The average Bonchev–Trinajstić information content (AvgIpc) is 3.48. The number of allylic oxidation sites excluding steroid dienone is 18. The summed E-state index contributed by atoms with van der Waals surface area (Å²) in [4.78, 5) is 38.3. The van der Waals surface area contributed by atoms with E-state index in [0.29, 0.717) is 19.3 Å². The predicted molar refractivity (Wildman–Crippen MR) is 357 cm³/mol. The maximum absolute atomic E-state index is 12.9. The van der Waals surface area contributed by atoms with E-state index in [1.165, 1.54) is 186 Å². The van der Waals surface area contributed by atoms with Gasteiger partial charge in [-0.15, -0.1) is 0 Å². The Balaban J connectivity index is 4.15. The van der Waals surface area contributed by atoms with Gasteiger partial charge in [0.25, 0.3) is 0 Å². The Kier molecular flexibility index (Phi) is 66.2. The monoisotopic (exact) mass is 1140 g/mol. The molecule has 0 aliphatic carbocycles. The molecule has 6 nitrogen and oxygen atoms in total. The van der Waals surface area contributed by atoms with Crippen molar-refractivity contribution in [2.24, 2.45) is 0 Å². The molecule has 0 aromatic carbocycles. The summed E-state index contributed by atoms with van der Waals surface area (Å²) in [5.74, 6) is -0.870. The van der Waals surface area contributed by atoms with Crippen molar-refractivity contribution in [3.63, 3.8) is 0 Å². The van der Waals surface area contributed by atoms with Crippen LogP contribution in [-0.4, -0.2) is 37.2 Å². The summed E-state index contributed by atoms with van der Waals surface area (Å²) in [6.45, 7) is 6.51. The maximum Gasteiger partial charge on any atom is 0.306 e. The van der Waals surface area contributed by atoms with Gasteiger partial charge in [0, 0.05) is 19.3 Å². The number of carbonyl (C=O) groups is 3. The zero-order valence-electron chi connectivity index (χ0n) is 54.0. The van der Waals surface area contributed by atoms with Crippen LogP contribution in [0.2, 0.25) is 0 Å². The Hall–Kier alpha value is -3.93. The highest BCUT2D eigenvalue weighted by Crippen LogP contribution is 2.17. The lowest BCUT2D eigenvalue weighted by Crippen LogP contribution is -2.30. The van der Waals surface area contributed by atoms with E-state index in [0.717, 1.165) is 109 Å². The van der Waals surface area contributed by atoms with Crippen LogP contribution in [-0.2, 0) is 28.6 Å². The molecule has 82 heavy (non-hydrogen) atoms. The van der Waals surface area contributed by atoms with Gasteiger partial charge in [0.15, 0.2) is 6.10 Å². The molecule has 470 valence electrons. The van der Waals surface area contributed by atoms with E-state index in [2.05, 4.69) is 130 Å². The number of ether oxygens (including phenoxy) is 3. The van der Waals surface area contributed by atoms with Gasteiger partial charge in [-0.1, -0.05) is 316 Å². The van der Waals surface area contributed by atoms with Crippen molar-refractivity contribution in [3.05, 3.63) is 109 Å². The quantitative estimate of drug-likeness (QED) is 0.0261. The maximum atomic E-state index is 12.9. The van der Waals surface area contributed by atoms with Crippen molar-refractivity contribution in [1.82, 2.24) is 0 Å². The number of rotatable bonds is 63. The van der Waals surface area contributed by atoms with Crippen LogP contribution in [0.1, 0.15) is 335 Å². The Morgan fingerprint density at radius 1 is 0.256 bits per heavy atom. The molecule has 0 heterocycles. The third kappa shape index (κ3) is 66.9. The Labute approximate surface area is 508 Å². The van der Waals surface area contributed by atoms with Gasteiger partial charge in [-0.05, 0) is 109 Å². The average molecular weight is 1140 g/mol. The van der Waals surface area contributed by atoms with Crippen molar-refractivity contribution in [3.8, 4) is 0 Å². The van der Waals surface area contributed by atoms with Gasteiger partial charge in [0.1, 0.15) is 13.2 Å². The van der Waals surface area contributed by atoms with Crippen LogP contribution in [0.5, 0.6) is 0 Å². The standard InChI is InChI=1S/C76H130O6/c1-4-7-10-13-16-19-22-24-26-28-30-31-32-33-34-35-36-37-38-39-40-41-42-43-44-45-47-48-50-52-54-57-60-63-66-69-75(78)81-72-73(71-80-74(77)68-65-62-59-56-21-18-15-12-9-6-3)82-76(79)70-67-64-61-58-55-53-51-49-46-29-27-25-23-20-17-14-11-8-5-2/h7,10,16-17,19-20,24-27,30-31,33-34,36-37,39-40,73H,4-6,8-9,11-15,18,21-23,28-29,32,35,38,41-72H2,1-3H3/b10-7-,19-16-,20-17-,26-24-,27-25-,31-30-,34-33-,37-36-,40-39-. The van der Waals surface area contributed by atoms with E-state index in [1.54, 1.807) is 0 Å². The van der Waals surface area contributed by atoms with Gasteiger partial charge >= 0.3 is 17.9 Å². The van der Waals surface area contributed by atoms with Crippen molar-refractivity contribution in [2.45, 2.75) is 341 Å². The number of carbonyl (C=O) groups excluding carboxylic acids is 3. The molecule has 0 aromatic heterocycles. The molecule has 0 rings (SSSR count). The highest BCUT2D eigenvalue weighted by atomic mass is 16.6. The fraction of sp³-hybridized carbons (Fsp3) is 0.724. The summed E-state index contributed by atoms with van der Waals surface area (Å²) in [6.07, 6.45) is 95.5. The van der Waals surface area contributed by atoms with Crippen molar-refractivity contribution < 1.29 is 28.6 Å². The van der Waals surface area contributed by atoms with E-state index >= 15 is 0 Å². The summed E-state index contributed by atoms with van der Waals surface area (Å²) in [6, 6.07) is 0. The minimum Gasteiger partial charge on any atom is -0.462 e. The summed E-state index contributed by atoms with van der Waals surface area (Å²) in [5.41, 5.74) is 0. The van der Waals surface area contributed by atoms with Gasteiger partial charge in [-0.3, -0.25) is 14.4 Å². The van der Waals surface area contributed by atoms with Crippen molar-refractivity contribution >= 4 is 17.9 Å². The van der Waals surface area contributed by atoms with Gasteiger partial charge in [-0.2, -0.15) is 0 Å². The molecule has 0 aliphatic rings. The van der Waals surface area contributed by atoms with Crippen LogP contribution >= 0.6 is 0 Å². The molecular formula is C76H130O6. The molecular weight excluding hydrogens is 1010 g/mol.